The van der Waals surface area contributed by atoms with Crippen LogP contribution < -0.4 is 5.32 Å². The predicted molar refractivity (Wildman–Crippen MR) is 80.7 cm³/mol. The van der Waals surface area contributed by atoms with Crippen LogP contribution in [0.15, 0.2) is 24.3 Å². The van der Waals surface area contributed by atoms with Crippen molar-refractivity contribution in [2.75, 3.05) is 31.5 Å². The van der Waals surface area contributed by atoms with Gasteiger partial charge in [-0.15, -0.1) is 0 Å². The number of urea groups is 1. The van der Waals surface area contributed by atoms with E-state index in [0.29, 0.717) is 24.8 Å². The molecular formula is C15H21N3O3. The lowest BCUT2D eigenvalue weighted by atomic mass is 10.1. The SMILES string of the molecule is CCN1CCN(C(=O)Nc2ccccc2C(=O)O)CC1C. The molecule has 1 fully saturated rings. The van der Waals surface area contributed by atoms with Gasteiger partial charge < -0.3 is 15.3 Å². The lowest BCUT2D eigenvalue weighted by molar-refractivity contribution is 0.0698. The molecule has 2 N–H and O–H groups in total. The number of aromatic carboxylic acids is 1. The molecule has 21 heavy (non-hydrogen) atoms. The molecule has 0 aliphatic carbocycles. The monoisotopic (exact) mass is 291 g/mol. The second-order valence-electron chi connectivity index (χ2n) is 5.20. The quantitative estimate of drug-likeness (QED) is 0.892. The van der Waals surface area contributed by atoms with E-state index in [1.807, 2.05) is 0 Å². The van der Waals surface area contributed by atoms with E-state index in [1.165, 1.54) is 6.07 Å². The Hall–Kier alpha value is -2.08. The Bertz CT molecular complexity index is 533. The smallest absolute Gasteiger partial charge is 0.337 e. The van der Waals surface area contributed by atoms with Gasteiger partial charge in [-0.25, -0.2) is 9.59 Å². The minimum Gasteiger partial charge on any atom is -0.478 e. The van der Waals surface area contributed by atoms with Crippen molar-refractivity contribution < 1.29 is 14.7 Å². The zero-order valence-corrected chi connectivity index (χ0v) is 12.4. The molecule has 114 valence electrons. The van der Waals surface area contributed by atoms with Gasteiger partial charge in [-0.05, 0) is 25.6 Å². The summed E-state index contributed by atoms with van der Waals surface area (Å²) in [5.41, 5.74) is 0.437. The summed E-state index contributed by atoms with van der Waals surface area (Å²) in [6, 6.07) is 6.50. The molecule has 0 radical (unpaired) electrons. The van der Waals surface area contributed by atoms with E-state index in [4.69, 9.17) is 5.11 Å². The van der Waals surface area contributed by atoms with Crippen molar-refractivity contribution >= 4 is 17.7 Å². The van der Waals surface area contributed by atoms with Crippen LogP contribution in [0.1, 0.15) is 24.2 Å². The van der Waals surface area contributed by atoms with Crippen LogP contribution >= 0.6 is 0 Å². The van der Waals surface area contributed by atoms with E-state index in [0.717, 1.165) is 13.1 Å². The Morgan fingerprint density at radius 2 is 2.05 bits per heavy atom. The first-order valence-electron chi connectivity index (χ1n) is 7.15. The number of piperazine rings is 1. The van der Waals surface area contributed by atoms with Crippen molar-refractivity contribution in [2.45, 2.75) is 19.9 Å². The van der Waals surface area contributed by atoms with Gasteiger partial charge in [0, 0.05) is 25.7 Å². The third-order valence-electron chi connectivity index (χ3n) is 3.86. The molecule has 1 saturated heterocycles. The number of carboxylic acids is 1. The summed E-state index contributed by atoms with van der Waals surface area (Å²) in [6.07, 6.45) is 0. The van der Waals surface area contributed by atoms with Gasteiger partial charge in [0.1, 0.15) is 0 Å². The summed E-state index contributed by atoms with van der Waals surface area (Å²) < 4.78 is 0. The number of likely N-dealkylation sites (N-methyl/N-ethyl adjacent to an activating group) is 1. The second kappa shape index (κ2) is 6.58. The zero-order chi connectivity index (χ0) is 15.4. The van der Waals surface area contributed by atoms with E-state index in [-0.39, 0.29) is 11.6 Å². The van der Waals surface area contributed by atoms with Crippen LogP contribution in [0.3, 0.4) is 0 Å². The van der Waals surface area contributed by atoms with Crippen LogP contribution in [-0.4, -0.2) is 59.1 Å². The minimum absolute atomic E-state index is 0.103. The highest BCUT2D eigenvalue weighted by Crippen LogP contribution is 2.17. The molecular weight excluding hydrogens is 270 g/mol. The number of amides is 2. The van der Waals surface area contributed by atoms with E-state index < -0.39 is 5.97 Å². The molecule has 2 amide bonds. The maximum absolute atomic E-state index is 12.3. The molecule has 1 unspecified atom stereocenters. The fourth-order valence-corrected chi connectivity index (χ4v) is 2.62. The van der Waals surface area contributed by atoms with Crippen LogP contribution in [0, 0.1) is 0 Å². The first-order chi connectivity index (χ1) is 10.0. The van der Waals surface area contributed by atoms with Crippen LogP contribution in [0.2, 0.25) is 0 Å². The van der Waals surface area contributed by atoms with Gasteiger partial charge >= 0.3 is 12.0 Å². The molecule has 1 aliphatic heterocycles. The average molecular weight is 291 g/mol. The number of nitrogens with zero attached hydrogens (tertiary/aromatic N) is 2. The Morgan fingerprint density at radius 3 is 2.67 bits per heavy atom. The lowest BCUT2D eigenvalue weighted by Gasteiger charge is -2.39. The first kappa shape index (κ1) is 15.3. The van der Waals surface area contributed by atoms with Crippen molar-refractivity contribution in [1.82, 2.24) is 9.80 Å². The third kappa shape index (κ3) is 3.52. The first-order valence-corrected chi connectivity index (χ1v) is 7.15. The molecule has 1 aromatic carbocycles. The molecule has 1 atom stereocenters. The minimum atomic E-state index is -1.05. The predicted octanol–water partition coefficient (Wildman–Crippen LogP) is 1.94. The summed E-state index contributed by atoms with van der Waals surface area (Å²) in [6.45, 7) is 7.31. The number of benzene rings is 1. The number of carbonyl (C=O) groups excluding carboxylic acids is 1. The van der Waals surface area contributed by atoms with Crippen LogP contribution in [-0.2, 0) is 0 Å². The standard InChI is InChI=1S/C15H21N3O3/c1-3-17-8-9-18(10-11(17)2)15(21)16-13-7-5-4-6-12(13)14(19)20/h4-7,11H,3,8-10H2,1-2H3,(H,16,21)(H,19,20). The van der Waals surface area contributed by atoms with Crippen LogP contribution in [0.4, 0.5) is 10.5 Å². The fraction of sp³-hybridized carbons (Fsp3) is 0.467. The maximum Gasteiger partial charge on any atom is 0.337 e. The van der Waals surface area contributed by atoms with Gasteiger partial charge in [-0.2, -0.15) is 0 Å². The molecule has 6 nitrogen and oxygen atoms in total. The Morgan fingerprint density at radius 1 is 1.33 bits per heavy atom. The fourth-order valence-electron chi connectivity index (χ4n) is 2.62. The number of hydrogen-bond acceptors (Lipinski definition) is 3. The number of carbonyl (C=O) groups is 2. The summed E-state index contributed by atoms with van der Waals surface area (Å²) in [5, 5.41) is 11.8. The Labute approximate surface area is 124 Å². The molecule has 1 aliphatic rings. The van der Waals surface area contributed by atoms with Crippen molar-refractivity contribution in [2.24, 2.45) is 0 Å². The number of carboxylic acid groups (broad SMARTS) is 1. The van der Waals surface area contributed by atoms with Gasteiger partial charge in [-0.1, -0.05) is 19.1 Å². The molecule has 0 spiro atoms. The molecule has 1 heterocycles. The molecule has 6 heteroatoms. The van der Waals surface area contributed by atoms with Gasteiger partial charge in [0.25, 0.3) is 0 Å². The van der Waals surface area contributed by atoms with E-state index in [2.05, 4.69) is 24.1 Å². The van der Waals surface area contributed by atoms with Gasteiger partial charge in [0.05, 0.1) is 11.3 Å². The summed E-state index contributed by atoms with van der Waals surface area (Å²) in [4.78, 5) is 27.5. The lowest BCUT2D eigenvalue weighted by Crippen LogP contribution is -2.54. The summed E-state index contributed by atoms with van der Waals surface area (Å²) in [5.74, 6) is -1.05. The van der Waals surface area contributed by atoms with Crippen molar-refractivity contribution in [3.8, 4) is 0 Å². The highest BCUT2D eigenvalue weighted by molar-refractivity contribution is 6.00. The van der Waals surface area contributed by atoms with E-state index in [9.17, 15) is 9.59 Å². The van der Waals surface area contributed by atoms with Crippen molar-refractivity contribution in [3.63, 3.8) is 0 Å². The van der Waals surface area contributed by atoms with E-state index >= 15 is 0 Å². The molecule has 1 aromatic rings. The van der Waals surface area contributed by atoms with Crippen LogP contribution in [0.25, 0.3) is 0 Å². The maximum atomic E-state index is 12.3. The van der Waals surface area contributed by atoms with E-state index in [1.54, 1.807) is 23.1 Å². The van der Waals surface area contributed by atoms with Crippen molar-refractivity contribution in [1.29, 1.82) is 0 Å². The topological polar surface area (TPSA) is 72.9 Å². The van der Waals surface area contributed by atoms with Crippen molar-refractivity contribution in [3.05, 3.63) is 29.8 Å². The van der Waals surface area contributed by atoms with Gasteiger partial charge in [0.15, 0.2) is 0 Å². The molecule has 0 aromatic heterocycles. The second-order valence-corrected chi connectivity index (χ2v) is 5.20. The molecule has 0 bridgehead atoms. The summed E-state index contributed by atoms with van der Waals surface area (Å²) >= 11 is 0. The van der Waals surface area contributed by atoms with Gasteiger partial charge in [0.2, 0.25) is 0 Å². The molecule has 0 saturated carbocycles. The van der Waals surface area contributed by atoms with Gasteiger partial charge in [-0.3, -0.25) is 4.90 Å². The number of nitrogens with one attached hydrogen (secondary N) is 1. The normalized spacial score (nSPS) is 19.3. The number of hydrogen-bond donors (Lipinski definition) is 2. The average Bonchev–Trinajstić information content (AvgIpc) is 2.47. The highest BCUT2D eigenvalue weighted by atomic mass is 16.4. The Balaban J connectivity index is 2.04. The third-order valence-corrected chi connectivity index (χ3v) is 3.86. The summed E-state index contributed by atoms with van der Waals surface area (Å²) in [7, 11) is 0. The largest absolute Gasteiger partial charge is 0.478 e. The van der Waals surface area contributed by atoms with Crippen LogP contribution in [0.5, 0.6) is 0 Å². The number of anilines is 1. The highest BCUT2D eigenvalue weighted by Gasteiger charge is 2.26. The number of para-hydroxylation sites is 1. The zero-order valence-electron chi connectivity index (χ0n) is 12.4. The number of rotatable bonds is 3. The molecule has 2 rings (SSSR count). The Kier molecular flexibility index (Phi) is 4.80.